The van der Waals surface area contributed by atoms with E-state index >= 15 is 0 Å². The predicted octanol–water partition coefficient (Wildman–Crippen LogP) is 3.73. The Morgan fingerprint density at radius 1 is 1.56 bits per heavy atom. The number of halogens is 1. The summed E-state index contributed by atoms with van der Waals surface area (Å²) in [5.41, 5.74) is 2.61. The fourth-order valence-corrected chi connectivity index (χ4v) is 4.09. The Bertz CT molecular complexity index is 402. The minimum Gasteiger partial charge on any atom is -0.314 e. The molecule has 0 aliphatic carbocycles. The summed E-state index contributed by atoms with van der Waals surface area (Å²) in [4.78, 5) is 4.05. The van der Waals surface area contributed by atoms with E-state index in [0.29, 0.717) is 6.04 Å². The number of piperazine rings is 1. The first-order chi connectivity index (χ1) is 8.58. The lowest BCUT2D eigenvalue weighted by Gasteiger charge is -2.34. The van der Waals surface area contributed by atoms with Gasteiger partial charge in [-0.3, -0.25) is 4.90 Å². The Balaban J connectivity index is 2.20. The number of thiophene rings is 1. The molecule has 2 heterocycles. The van der Waals surface area contributed by atoms with Crippen molar-refractivity contribution in [2.24, 2.45) is 0 Å². The molecule has 0 saturated carbocycles. The number of rotatable bonds is 4. The summed E-state index contributed by atoms with van der Waals surface area (Å²) < 4.78 is 1.26. The van der Waals surface area contributed by atoms with Crippen LogP contribution in [0.3, 0.4) is 0 Å². The van der Waals surface area contributed by atoms with Crippen LogP contribution in [0.5, 0.6) is 0 Å². The van der Waals surface area contributed by atoms with Gasteiger partial charge in [-0.15, -0.1) is 17.9 Å². The maximum absolute atomic E-state index is 4.10. The van der Waals surface area contributed by atoms with E-state index in [0.717, 1.165) is 32.6 Å². The minimum absolute atomic E-state index is 0.500. The van der Waals surface area contributed by atoms with Crippen molar-refractivity contribution in [3.05, 3.63) is 32.4 Å². The zero-order valence-corrected chi connectivity index (χ0v) is 13.5. The van der Waals surface area contributed by atoms with E-state index in [9.17, 15) is 0 Å². The van der Waals surface area contributed by atoms with Crippen LogP contribution < -0.4 is 5.32 Å². The number of hydrogen-bond donors (Lipinski definition) is 1. The van der Waals surface area contributed by atoms with Crippen molar-refractivity contribution >= 4 is 27.3 Å². The molecule has 1 saturated heterocycles. The van der Waals surface area contributed by atoms with Crippen LogP contribution in [-0.2, 0) is 0 Å². The van der Waals surface area contributed by atoms with Gasteiger partial charge in [-0.25, -0.2) is 0 Å². The summed E-state index contributed by atoms with van der Waals surface area (Å²) >= 11 is 5.51. The molecule has 1 atom stereocenters. The highest BCUT2D eigenvalue weighted by atomic mass is 79.9. The Kier molecular flexibility index (Phi) is 5.01. The van der Waals surface area contributed by atoms with Gasteiger partial charge in [0.25, 0.3) is 0 Å². The van der Waals surface area contributed by atoms with Crippen molar-refractivity contribution < 1.29 is 0 Å². The van der Waals surface area contributed by atoms with Crippen molar-refractivity contribution in [3.8, 4) is 0 Å². The minimum atomic E-state index is 0.500. The van der Waals surface area contributed by atoms with E-state index in [1.165, 1.54) is 19.8 Å². The first kappa shape index (κ1) is 14.3. The van der Waals surface area contributed by atoms with Crippen LogP contribution in [0.1, 0.15) is 29.8 Å². The second-order valence-electron chi connectivity index (χ2n) is 5.07. The molecule has 0 unspecified atom stereocenters. The summed E-state index contributed by atoms with van der Waals surface area (Å²) in [7, 11) is 0. The number of nitrogens with one attached hydrogen (secondary N) is 1. The van der Waals surface area contributed by atoms with E-state index in [1.54, 1.807) is 0 Å². The van der Waals surface area contributed by atoms with Crippen molar-refractivity contribution in [2.75, 3.05) is 26.2 Å². The third-order valence-corrected chi connectivity index (χ3v) is 5.58. The van der Waals surface area contributed by atoms with Crippen LogP contribution in [-0.4, -0.2) is 31.1 Å². The fourth-order valence-electron chi connectivity index (χ4n) is 2.38. The molecule has 0 amide bonds. The van der Waals surface area contributed by atoms with Gasteiger partial charge in [0.05, 0.1) is 3.79 Å². The standard InChI is InChI=1S/C14H21BrN2S/c1-10(2)8-12(17-6-4-16-5-7-17)13-9-11(3)14(15)18-13/h9,12,16H,1,4-8H2,2-3H3/t12-/m1/s1. The lowest BCUT2D eigenvalue weighted by molar-refractivity contribution is 0.175. The van der Waals surface area contributed by atoms with Gasteiger partial charge in [0, 0.05) is 37.1 Å². The van der Waals surface area contributed by atoms with Gasteiger partial charge in [0.2, 0.25) is 0 Å². The van der Waals surface area contributed by atoms with Crippen molar-refractivity contribution in [1.82, 2.24) is 10.2 Å². The molecular weight excluding hydrogens is 308 g/mol. The smallest absolute Gasteiger partial charge is 0.0731 e. The lowest BCUT2D eigenvalue weighted by Crippen LogP contribution is -2.45. The van der Waals surface area contributed by atoms with Crippen LogP contribution >= 0.6 is 27.3 Å². The van der Waals surface area contributed by atoms with Crippen molar-refractivity contribution in [1.29, 1.82) is 0 Å². The van der Waals surface area contributed by atoms with Gasteiger partial charge in [-0.2, -0.15) is 0 Å². The molecule has 0 spiro atoms. The van der Waals surface area contributed by atoms with Gasteiger partial charge in [-0.05, 0) is 47.8 Å². The molecule has 1 aliphatic rings. The highest BCUT2D eigenvalue weighted by Crippen LogP contribution is 2.36. The summed E-state index contributed by atoms with van der Waals surface area (Å²) in [6, 6.07) is 2.82. The molecule has 2 rings (SSSR count). The quantitative estimate of drug-likeness (QED) is 0.847. The molecule has 4 heteroatoms. The first-order valence-corrected chi connectivity index (χ1v) is 8.04. The van der Waals surface area contributed by atoms with Crippen molar-refractivity contribution in [3.63, 3.8) is 0 Å². The normalized spacial score (nSPS) is 18.8. The molecule has 0 bridgehead atoms. The van der Waals surface area contributed by atoms with E-state index in [1.807, 2.05) is 11.3 Å². The van der Waals surface area contributed by atoms with Crippen LogP contribution in [0.2, 0.25) is 0 Å². The van der Waals surface area contributed by atoms with E-state index < -0.39 is 0 Å². The van der Waals surface area contributed by atoms with E-state index in [2.05, 4.69) is 52.6 Å². The van der Waals surface area contributed by atoms with E-state index in [4.69, 9.17) is 0 Å². The third kappa shape index (κ3) is 3.44. The fraction of sp³-hybridized carbons (Fsp3) is 0.571. The largest absolute Gasteiger partial charge is 0.314 e. The third-order valence-electron chi connectivity index (χ3n) is 3.34. The van der Waals surface area contributed by atoms with Crippen LogP contribution in [0.4, 0.5) is 0 Å². The summed E-state index contributed by atoms with van der Waals surface area (Å²) in [5, 5.41) is 3.42. The van der Waals surface area contributed by atoms with Gasteiger partial charge >= 0.3 is 0 Å². The molecule has 0 aromatic carbocycles. The maximum Gasteiger partial charge on any atom is 0.0731 e. The topological polar surface area (TPSA) is 15.3 Å². The van der Waals surface area contributed by atoms with Gasteiger partial charge in [0.15, 0.2) is 0 Å². The number of aryl methyl sites for hydroxylation is 1. The zero-order chi connectivity index (χ0) is 13.1. The van der Waals surface area contributed by atoms with Crippen molar-refractivity contribution in [2.45, 2.75) is 26.3 Å². The summed E-state index contributed by atoms with van der Waals surface area (Å²) in [5.74, 6) is 0. The summed E-state index contributed by atoms with van der Waals surface area (Å²) in [6.07, 6.45) is 1.06. The molecular formula is C14H21BrN2S. The second kappa shape index (κ2) is 6.33. The average molecular weight is 329 g/mol. The monoisotopic (exact) mass is 328 g/mol. The zero-order valence-electron chi connectivity index (χ0n) is 11.1. The molecule has 2 nitrogen and oxygen atoms in total. The lowest BCUT2D eigenvalue weighted by atomic mass is 10.0. The highest BCUT2D eigenvalue weighted by molar-refractivity contribution is 9.11. The van der Waals surface area contributed by atoms with Gasteiger partial charge in [0.1, 0.15) is 0 Å². The van der Waals surface area contributed by atoms with Gasteiger partial charge < -0.3 is 5.32 Å². The molecule has 1 aliphatic heterocycles. The predicted molar refractivity (Wildman–Crippen MR) is 83.4 cm³/mol. The number of hydrogen-bond acceptors (Lipinski definition) is 3. The molecule has 1 fully saturated rings. The Hall–Kier alpha value is -0.160. The Morgan fingerprint density at radius 2 is 2.22 bits per heavy atom. The highest BCUT2D eigenvalue weighted by Gasteiger charge is 2.24. The summed E-state index contributed by atoms with van der Waals surface area (Å²) in [6.45, 7) is 12.8. The molecule has 100 valence electrons. The SMILES string of the molecule is C=C(C)C[C@H](c1cc(C)c(Br)s1)N1CCNCC1. The van der Waals surface area contributed by atoms with E-state index in [-0.39, 0.29) is 0 Å². The average Bonchev–Trinajstić information content (AvgIpc) is 2.67. The second-order valence-corrected chi connectivity index (χ2v) is 7.47. The molecule has 18 heavy (non-hydrogen) atoms. The van der Waals surface area contributed by atoms with Crippen LogP contribution in [0, 0.1) is 6.92 Å². The molecule has 0 radical (unpaired) electrons. The Labute approximate surface area is 122 Å². The van der Waals surface area contributed by atoms with Crippen LogP contribution in [0.15, 0.2) is 22.0 Å². The Morgan fingerprint density at radius 3 is 2.72 bits per heavy atom. The molecule has 1 aromatic rings. The number of nitrogens with zero attached hydrogens (tertiary/aromatic N) is 1. The molecule has 1 aromatic heterocycles. The van der Waals surface area contributed by atoms with Gasteiger partial charge in [-0.1, -0.05) is 5.57 Å². The first-order valence-electron chi connectivity index (χ1n) is 6.43. The molecule has 1 N–H and O–H groups in total. The maximum atomic E-state index is 4.10. The van der Waals surface area contributed by atoms with Crippen LogP contribution in [0.25, 0.3) is 0 Å².